The largest absolute Gasteiger partial charge is 0.293 e. The first-order chi connectivity index (χ1) is 10.3. The Kier molecular flexibility index (Phi) is 3.81. The molecule has 21 heavy (non-hydrogen) atoms. The quantitative estimate of drug-likeness (QED) is 0.806. The van der Waals surface area contributed by atoms with Crippen LogP contribution >= 0.6 is 0 Å². The highest BCUT2D eigenvalue weighted by Crippen LogP contribution is 2.26. The van der Waals surface area contributed by atoms with Crippen LogP contribution in [0.4, 0.5) is 0 Å². The number of hydrogen-bond acceptors (Lipinski definition) is 3. The Balaban J connectivity index is 1.72. The standard InChI is InChI=1S/C18H16N2O/c19-10-9-14-7-4-8-16-11-20(12-17(14)16)13-18(21)15-5-2-1-3-6-15/h1-8H,9,11-13H2. The number of carbonyl (C=O) groups is 1. The van der Waals surface area contributed by atoms with E-state index >= 15 is 0 Å². The van der Waals surface area contributed by atoms with Gasteiger partial charge in [0.2, 0.25) is 0 Å². The summed E-state index contributed by atoms with van der Waals surface area (Å²) in [5.74, 6) is 0.144. The van der Waals surface area contributed by atoms with E-state index in [1.165, 1.54) is 11.1 Å². The number of nitriles is 1. The van der Waals surface area contributed by atoms with Gasteiger partial charge in [-0.3, -0.25) is 9.69 Å². The van der Waals surface area contributed by atoms with Crippen molar-refractivity contribution in [1.82, 2.24) is 4.90 Å². The molecule has 3 heteroatoms. The highest BCUT2D eigenvalue weighted by atomic mass is 16.1. The fourth-order valence-corrected chi connectivity index (χ4v) is 2.84. The second-order valence-corrected chi connectivity index (χ2v) is 5.32. The van der Waals surface area contributed by atoms with E-state index in [1.807, 2.05) is 42.5 Å². The average Bonchev–Trinajstić information content (AvgIpc) is 2.92. The molecule has 0 spiro atoms. The number of carbonyl (C=O) groups excluding carboxylic acids is 1. The Morgan fingerprint density at radius 2 is 1.90 bits per heavy atom. The van der Waals surface area contributed by atoms with E-state index in [1.54, 1.807) is 0 Å². The number of benzene rings is 2. The predicted molar refractivity (Wildman–Crippen MR) is 80.6 cm³/mol. The second-order valence-electron chi connectivity index (χ2n) is 5.32. The molecule has 0 radical (unpaired) electrons. The van der Waals surface area contributed by atoms with Crippen LogP contribution in [0.5, 0.6) is 0 Å². The number of ketones is 1. The Labute approximate surface area is 124 Å². The topological polar surface area (TPSA) is 44.1 Å². The van der Waals surface area contributed by atoms with Crippen molar-refractivity contribution in [2.24, 2.45) is 0 Å². The summed E-state index contributed by atoms with van der Waals surface area (Å²) in [7, 11) is 0. The van der Waals surface area contributed by atoms with Crippen molar-refractivity contribution in [3.8, 4) is 6.07 Å². The van der Waals surface area contributed by atoms with E-state index < -0.39 is 0 Å². The average molecular weight is 276 g/mol. The summed E-state index contributed by atoms with van der Waals surface area (Å²) in [6, 6.07) is 17.7. The van der Waals surface area contributed by atoms with Crippen molar-refractivity contribution in [2.45, 2.75) is 19.5 Å². The fourth-order valence-electron chi connectivity index (χ4n) is 2.84. The SMILES string of the molecule is N#CCc1cccc2c1CN(CC(=O)c1ccccc1)C2. The van der Waals surface area contributed by atoms with Crippen LogP contribution in [0.1, 0.15) is 27.0 Å². The molecule has 0 atom stereocenters. The van der Waals surface area contributed by atoms with Crippen LogP contribution in [0.25, 0.3) is 0 Å². The summed E-state index contributed by atoms with van der Waals surface area (Å²) in [6.07, 6.45) is 0.434. The predicted octanol–water partition coefficient (Wildman–Crippen LogP) is 2.95. The van der Waals surface area contributed by atoms with Gasteiger partial charge in [0.05, 0.1) is 19.0 Å². The van der Waals surface area contributed by atoms with Crippen LogP contribution in [-0.4, -0.2) is 17.2 Å². The van der Waals surface area contributed by atoms with Gasteiger partial charge in [0.15, 0.2) is 5.78 Å². The van der Waals surface area contributed by atoms with Crippen molar-refractivity contribution >= 4 is 5.78 Å². The summed E-state index contributed by atoms with van der Waals surface area (Å²) in [6.45, 7) is 1.96. The van der Waals surface area contributed by atoms with Gasteiger partial charge in [0.25, 0.3) is 0 Å². The van der Waals surface area contributed by atoms with Gasteiger partial charge in [-0.1, -0.05) is 48.5 Å². The molecule has 0 saturated heterocycles. The molecule has 0 saturated carbocycles. The second kappa shape index (κ2) is 5.90. The number of nitrogens with zero attached hydrogens (tertiary/aromatic N) is 2. The molecule has 2 aromatic carbocycles. The summed E-state index contributed by atoms with van der Waals surface area (Å²) in [4.78, 5) is 14.4. The minimum atomic E-state index is 0.144. The Morgan fingerprint density at radius 1 is 1.10 bits per heavy atom. The number of Topliss-reactive ketones (excluding diaryl/α,β-unsaturated/α-hetero) is 1. The molecule has 104 valence electrons. The maximum absolute atomic E-state index is 12.3. The van der Waals surface area contributed by atoms with Crippen LogP contribution in [0.15, 0.2) is 48.5 Å². The first kappa shape index (κ1) is 13.5. The molecular formula is C18H16N2O. The molecule has 0 bridgehead atoms. The number of hydrogen-bond donors (Lipinski definition) is 0. The van der Waals surface area contributed by atoms with Crippen molar-refractivity contribution in [3.05, 3.63) is 70.8 Å². The van der Waals surface area contributed by atoms with Gasteiger partial charge in [-0.25, -0.2) is 0 Å². The van der Waals surface area contributed by atoms with Gasteiger partial charge < -0.3 is 0 Å². The van der Waals surface area contributed by atoms with Gasteiger partial charge in [0, 0.05) is 18.7 Å². The Hall–Kier alpha value is -2.44. The van der Waals surface area contributed by atoms with Crippen LogP contribution in [0.2, 0.25) is 0 Å². The third-order valence-electron chi connectivity index (χ3n) is 3.88. The molecule has 1 heterocycles. The monoisotopic (exact) mass is 276 g/mol. The summed E-state index contributed by atoms with van der Waals surface area (Å²) < 4.78 is 0. The number of rotatable bonds is 4. The van der Waals surface area contributed by atoms with Crippen LogP contribution in [-0.2, 0) is 19.5 Å². The first-order valence-electron chi connectivity index (χ1n) is 7.05. The van der Waals surface area contributed by atoms with Gasteiger partial charge >= 0.3 is 0 Å². The van der Waals surface area contributed by atoms with Crippen molar-refractivity contribution in [3.63, 3.8) is 0 Å². The van der Waals surface area contributed by atoms with Gasteiger partial charge in [0.1, 0.15) is 0 Å². The minimum Gasteiger partial charge on any atom is -0.293 e. The summed E-state index contributed by atoms with van der Waals surface area (Å²) >= 11 is 0. The van der Waals surface area contributed by atoms with Crippen LogP contribution in [0.3, 0.4) is 0 Å². The maximum atomic E-state index is 12.3. The fraction of sp³-hybridized carbons (Fsp3) is 0.222. The third-order valence-corrected chi connectivity index (χ3v) is 3.88. The lowest BCUT2D eigenvalue weighted by atomic mass is 10.0. The first-order valence-corrected chi connectivity index (χ1v) is 7.05. The zero-order valence-corrected chi connectivity index (χ0v) is 11.7. The smallest absolute Gasteiger partial charge is 0.176 e. The lowest BCUT2D eigenvalue weighted by Gasteiger charge is -2.13. The third kappa shape index (κ3) is 2.86. The number of fused-ring (bicyclic) bond motifs is 1. The molecule has 0 N–H and O–H groups in total. The molecule has 3 rings (SSSR count). The minimum absolute atomic E-state index is 0.144. The zero-order chi connectivity index (χ0) is 14.7. The molecule has 2 aromatic rings. The Morgan fingerprint density at radius 3 is 2.67 bits per heavy atom. The molecule has 1 aliphatic heterocycles. The molecule has 0 aliphatic carbocycles. The van der Waals surface area contributed by atoms with Crippen molar-refractivity contribution in [1.29, 1.82) is 5.26 Å². The van der Waals surface area contributed by atoms with E-state index in [9.17, 15) is 4.79 Å². The van der Waals surface area contributed by atoms with Gasteiger partial charge in [-0.05, 0) is 16.7 Å². The molecule has 0 amide bonds. The highest BCUT2D eigenvalue weighted by Gasteiger charge is 2.23. The zero-order valence-electron chi connectivity index (χ0n) is 11.7. The maximum Gasteiger partial charge on any atom is 0.176 e. The lowest BCUT2D eigenvalue weighted by Crippen LogP contribution is -2.24. The molecule has 3 nitrogen and oxygen atoms in total. The summed E-state index contributed by atoms with van der Waals surface area (Å²) in [5.41, 5.74) is 4.30. The lowest BCUT2D eigenvalue weighted by molar-refractivity contribution is 0.0929. The molecule has 0 aromatic heterocycles. The van der Waals surface area contributed by atoms with E-state index in [0.717, 1.165) is 24.2 Å². The molecule has 1 aliphatic rings. The van der Waals surface area contributed by atoms with E-state index in [-0.39, 0.29) is 5.78 Å². The summed E-state index contributed by atoms with van der Waals surface area (Å²) in [5, 5.41) is 8.89. The van der Waals surface area contributed by atoms with Crippen molar-refractivity contribution < 1.29 is 4.79 Å². The van der Waals surface area contributed by atoms with E-state index in [2.05, 4.69) is 17.0 Å². The van der Waals surface area contributed by atoms with Gasteiger partial charge in [-0.15, -0.1) is 0 Å². The molecule has 0 fully saturated rings. The normalized spacial score (nSPS) is 13.7. The van der Waals surface area contributed by atoms with Gasteiger partial charge in [-0.2, -0.15) is 5.26 Å². The highest BCUT2D eigenvalue weighted by molar-refractivity contribution is 5.97. The van der Waals surface area contributed by atoms with Crippen LogP contribution < -0.4 is 0 Å². The molecular weight excluding hydrogens is 260 g/mol. The Bertz CT molecular complexity index is 701. The van der Waals surface area contributed by atoms with E-state index in [0.29, 0.717) is 13.0 Å². The van der Waals surface area contributed by atoms with Crippen molar-refractivity contribution in [2.75, 3.05) is 6.54 Å². The van der Waals surface area contributed by atoms with Crippen LogP contribution in [0, 0.1) is 11.3 Å². The van der Waals surface area contributed by atoms with E-state index in [4.69, 9.17) is 5.26 Å². The molecule has 0 unspecified atom stereocenters.